The zero-order chi connectivity index (χ0) is 24.2. The summed E-state index contributed by atoms with van der Waals surface area (Å²) in [5.41, 5.74) is -0.667. The maximum atomic E-state index is 15.6. The second kappa shape index (κ2) is 8.37. The number of hydrogen-bond acceptors (Lipinski definition) is 3. The van der Waals surface area contributed by atoms with E-state index in [2.05, 4.69) is 5.32 Å². The number of ether oxygens (including phenoxy) is 1. The highest BCUT2D eigenvalue weighted by atomic mass is 19.1. The third kappa shape index (κ3) is 3.96. The second-order valence-corrected chi connectivity index (χ2v) is 9.51. The molecule has 1 spiro atoms. The molecule has 2 saturated heterocycles. The van der Waals surface area contributed by atoms with E-state index in [1.54, 1.807) is 11.0 Å². The van der Waals surface area contributed by atoms with Gasteiger partial charge in [0.15, 0.2) is 0 Å². The number of amides is 2. The summed E-state index contributed by atoms with van der Waals surface area (Å²) in [5.74, 6) is -3.75. The molecule has 2 heterocycles. The van der Waals surface area contributed by atoms with Gasteiger partial charge in [-0.2, -0.15) is 0 Å². The second-order valence-electron chi connectivity index (χ2n) is 9.51. The molecule has 180 valence electrons. The van der Waals surface area contributed by atoms with Gasteiger partial charge in [0.1, 0.15) is 30.2 Å². The quantitative estimate of drug-likeness (QED) is 0.687. The highest BCUT2D eigenvalue weighted by Gasteiger charge is 2.58. The number of rotatable bonds is 4. The van der Waals surface area contributed by atoms with Gasteiger partial charge in [0.05, 0.1) is 24.1 Å². The number of halogens is 4. The maximum Gasteiger partial charge on any atom is 0.246 e. The summed E-state index contributed by atoms with van der Waals surface area (Å²) in [6.07, 6.45) is -0.646. The molecule has 1 saturated carbocycles. The lowest BCUT2D eigenvalue weighted by Gasteiger charge is -2.41. The van der Waals surface area contributed by atoms with Crippen LogP contribution < -0.4 is 5.32 Å². The first-order chi connectivity index (χ1) is 16.2. The van der Waals surface area contributed by atoms with Crippen molar-refractivity contribution in [3.8, 4) is 11.1 Å². The number of likely N-dealkylation sites (tertiary alicyclic amines) is 1. The summed E-state index contributed by atoms with van der Waals surface area (Å²) in [6, 6.07) is 6.33. The van der Waals surface area contributed by atoms with Crippen LogP contribution in [-0.2, 0) is 20.7 Å². The largest absolute Gasteiger partial charge is 0.369 e. The molecule has 2 aliphatic heterocycles. The van der Waals surface area contributed by atoms with Crippen molar-refractivity contribution < 1.29 is 31.9 Å². The molecule has 9 heteroatoms. The molecule has 2 amide bonds. The molecular formula is C25H24F4N2O3. The molecule has 34 heavy (non-hydrogen) atoms. The SMILES string of the molecule is C[C@@H]1C[C@@]2(COCC(=O)N2)[C@H](Cc2cccc(-c3cc(F)cc(F)c3)c2F)N1C(=O)[C@H]1C[C@H]1F. The number of benzene rings is 2. The molecule has 2 aromatic carbocycles. The number of nitrogens with one attached hydrogen (secondary N) is 1. The van der Waals surface area contributed by atoms with Gasteiger partial charge in [0.2, 0.25) is 11.8 Å². The fraction of sp³-hybridized carbons (Fsp3) is 0.440. The normalized spacial score (nSPS) is 30.5. The molecule has 3 fully saturated rings. The Hall–Kier alpha value is -2.94. The topological polar surface area (TPSA) is 58.6 Å². The van der Waals surface area contributed by atoms with Gasteiger partial charge in [0.25, 0.3) is 0 Å². The van der Waals surface area contributed by atoms with Crippen LogP contribution in [0.2, 0.25) is 0 Å². The van der Waals surface area contributed by atoms with Gasteiger partial charge in [-0.05, 0) is 49.4 Å². The molecule has 0 radical (unpaired) electrons. The first-order valence-corrected chi connectivity index (χ1v) is 11.3. The van der Waals surface area contributed by atoms with Crippen molar-refractivity contribution in [3.05, 3.63) is 59.4 Å². The summed E-state index contributed by atoms with van der Waals surface area (Å²) in [7, 11) is 0. The molecule has 2 aromatic rings. The van der Waals surface area contributed by atoms with E-state index in [4.69, 9.17) is 4.74 Å². The number of alkyl halides is 1. The van der Waals surface area contributed by atoms with Crippen LogP contribution in [0.5, 0.6) is 0 Å². The molecule has 0 bridgehead atoms. The van der Waals surface area contributed by atoms with Crippen molar-refractivity contribution in [2.24, 2.45) is 5.92 Å². The van der Waals surface area contributed by atoms with Crippen LogP contribution in [0.25, 0.3) is 11.1 Å². The highest BCUT2D eigenvalue weighted by Crippen LogP contribution is 2.43. The standard InChI is InChI=1S/C25H24F4N2O3/c1-13-10-25(12-34-11-22(32)30-25)21(31(13)24(33)19-9-20(19)28)7-14-3-2-4-18(23(14)29)15-5-16(26)8-17(27)6-15/h2-6,8,13,19-21H,7,9-12H2,1H3,(H,30,32)/t13-,19+,20-,21+,25-/m1/s1. The molecule has 5 nitrogen and oxygen atoms in total. The van der Waals surface area contributed by atoms with E-state index in [0.29, 0.717) is 12.5 Å². The number of carbonyl (C=O) groups excluding carboxylic acids is 2. The summed E-state index contributed by atoms with van der Waals surface area (Å²) in [5, 5.41) is 2.96. The Morgan fingerprint density at radius 1 is 1.21 bits per heavy atom. The Morgan fingerprint density at radius 2 is 1.91 bits per heavy atom. The van der Waals surface area contributed by atoms with E-state index in [0.717, 1.165) is 12.1 Å². The van der Waals surface area contributed by atoms with Crippen molar-refractivity contribution in [2.75, 3.05) is 13.2 Å². The maximum absolute atomic E-state index is 15.6. The predicted octanol–water partition coefficient (Wildman–Crippen LogP) is 3.55. The van der Waals surface area contributed by atoms with Gasteiger partial charge in [-0.3, -0.25) is 9.59 Å². The minimum Gasteiger partial charge on any atom is -0.369 e. The number of hydrogen-bond donors (Lipinski definition) is 1. The summed E-state index contributed by atoms with van der Waals surface area (Å²) >= 11 is 0. The van der Waals surface area contributed by atoms with Gasteiger partial charge >= 0.3 is 0 Å². The Morgan fingerprint density at radius 3 is 2.56 bits per heavy atom. The van der Waals surface area contributed by atoms with Gasteiger partial charge in [-0.1, -0.05) is 18.2 Å². The van der Waals surface area contributed by atoms with E-state index < -0.39 is 41.1 Å². The lowest BCUT2D eigenvalue weighted by atomic mass is 9.84. The Kier molecular flexibility index (Phi) is 5.62. The first kappa shape index (κ1) is 22.8. The van der Waals surface area contributed by atoms with Gasteiger partial charge < -0.3 is 15.0 Å². The monoisotopic (exact) mass is 476 g/mol. The molecule has 5 atom stereocenters. The Labute approximate surface area is 194 Å². The van der Waals surface area contributed by atoms with Crippen molar-refractivity contribution >= 4 is 11.8 Å². The number of carbonyl (C=O) groups is 2. The fourth-order valence-electron chi connectivity index (χ4n) is 5.45. The van der Waals surface area contributed by atoms with Crippen LogP contribution in [-0.4, -0.2) is 53.7 Å². The minimum absolute atomic E-state index is 0.0147. The molecular weight excluding hydrogens is 452 g/mol. The van der Waals surface area contributed by atoms with E-state index in [1.807, 2.05) is 6.92 Å². The van der Waals surface area contributed by atoms with Crippen LogP contribution in [0.15, 0.2) is 36.4 Å². The zero-order valence-corrected chi connectivity index (χ0v) is 18.5. The summed E-state index contributed by atoms with van der Waals surface area (Å²) < 4.78 is 62.4. The Balaban J connectivity index is 1.53. The predicted molar refractivity (Wildman–Crippen MR) is 115 cm³/mol. The molecule has 0 aromatic heterocycles. The van der Waals surface area contributed by atoms with Crippen molar-refractivity contribution in [1.29, 1.82) is 0 Å². The van der Waals surface area contributed by atoms with Gasteiger partial charge in [0, 0.05) is 17.7 Å². The highest BCUT2D eigenvalue weighted by molar-refractivity contribution is 5.84. The summed E-state index contributed by atoms with van der Waals surface area (Å²) in [6.45, 7) is 1.84. The zero-order valence-electron chi connectivity index (χ0n) is 18.5. The molecule has 1 aliphatic carbocycles. The fourth-order valence-corrected chi connectivity index (χ4v) is 5.45. The van der Waals surface area contributed by atoms with Crippen molar-refractivity contribution in [2.45, 2.75) is 50.0 Å². The third-order valence-electron chi connectivity index (χ3n) is 7.04. The van der Waals surface area contributed by atoms with E-state index in [9.17, 15) is 22.8 Å². The van der Waals surface area contributed by atoms with Crippen LogP contribution >= 0.6 is 0 Å². The smallest absolute Gasteiger partial charge is 0.246 e. The van der Waals surface area contributed by atoms with E-state index in [1.165, 1.54) is 12.1 Å². The van der Waals surface area contributed by atoms with Crippen molar-refractivity contribution in [1.82, 2.24) is 10.2 Å². The average molecular weight is 476 g/mol. The van der Waals surface area contributed by atoms with Gasteiger partial charge in [-0.25, -0.2) is 17.6 Å². The van der Waals surface area contributed by atoms with E-state index >= 15 is 4.39 Å². The lowest BCUT2D eigenvalue weighted by Crippen LogP contribution is -2.64. The Bertz CT molecular complexity index is 1140. The average Bonchev–Trinajstić information content (AvgIpc) is 3.44. The van der Waals surface area contributed by atoms with Crippen LogP contribution in [0.4, 0.5) is 17.6 Å². The number of nitrogens with zero attached hydrogens (tertiary/aromatic N) is 1. The van der Waals surface area contributed by atoms with Crippen molar-refractivity contribution in [3.63, 3.8) is 0 Å². The first-order valence-electron chi connectivity index (χ1n) is 11.3. The molecule has 5 rings (SSSR count). The molecule has 0 unspecified atom stereocenters. The van der Waals surface area contributed by atoms with Crippen LogP contribution in [0, 0.1) is 23.4 Å². The number of morpholine rings is 1. The van der Waals surface area contributed by atoms with Gasteiger partial charge in [-0.15, -0.1) is 0 Å². The third-order valence-corrected chi connectivity index (χ3v) is 7.04. The lowest BCUT2D eigenvalue weighted by molar-refractivity contribution is -0.141. The minimum atomic E-state index is -1.20. The summed E-state index contributed by atoms with van der Waals surface area (Å²) in [4.78, 5) is 26.9. The van der Waals surface area contributed by atoms with Crippen LogP contribution in [0.3, 0.4) is 0 Å². The molecule has 1 N–H and O–H groups in total. The van der Waals surface area contributed by atoms with Crippen LogP contribution in [0.1, 0.15) is 25.3 Å². The molecule has 3 aliphatic rings. The van der Waals surface area contributed by atoms with E-state index in [-0.39, 0.29) is 60.6 Å².